The summed E-state index contributed by atoms with van der Waals surface area (Å²) in [6.07, 6.45) is 0. The normalized spacial score (nSPS) is 11.0. The molecule has 3 rings (SSSR count). The Balaban J connectivity index is 1.68. The van der Waals surface area contributed by atoms with Gasteiger partial charge in [0, 0.05) is 12.1 Å². The number of anilines is 1. The third kappa shape index (κ3) is 5.11. The van der Waals surface area contributed by atoms with Gasteiger partial charge in [-0.25, -0.2) is 12.8 Å². The Hall–Kier alpha value is -3.39. The molecule has 0 saturated heterocycles. The quantitative estimate of drug-likeness (QED) is 0.619. The largest absolute Gasteiger partial charge is 0.495 e. The van der Waals surface area contributed by atoms with E-state index in [-0.39, 0.29) is 23.2 Å². The van der Waals surface area contributed by atoms with Crippen LogP contribution in [0.5, 0.6) is 5.75 Å². The molecule has 0 heterocycles. The minimum absolute atomic E-state index is 0.0125. The molecule has 0 spiro atoms. The molecule has 0 radical (unpaired) electrons. The number of carbonyl (C=O) groups excluding carboxylic acids is 1. The van der Waals surface area contributed by atoms with Crippen molar-refractivity contribution in [1.82, 2.24) is 5.32 Å². The third-order valence-electron chi connectivity index (χ3n) is 4.14. The summed E-state index contributed by atoms with van der Waals surface area (Å²) < 4.78 is 45.7. The fourth-order valence-electron chi connectivity index (χ4n) is 2.60. The minimum Gasteiger partial charge on any atom is -0.495 e. The van der Waals surface area contributed by atoms with Crippen molar-refractivity contribution in [1.29, 1.82) is 0 Å². The molecule has 3 aromatic carbocycles. The number of amides is 1. The Morgan fingerprint density at radius 1 is 0.966 bits per heavy atom. The third-order valence-corrected chi connectivity index (χ3v) is 5.53. The molecule has 2 N–H and O–H groups in total. The second-order valence-corrected chi connectivity index (χ2v) is 7.82. The van der Waals surface area contributed by atoms with Crippen LogP contribution in [0.15, 0.2) is 77.7 Å². The first-order valence-corrected chi connectivity index (χ1v) is 10.2. The van der Waals surface area contributed by atoms with E-state index in [0.29, 0.717) is 17.0 Å². The van der Waals surface area contributed by atoms with E-state index in [1.54, 1.807) is 36.4 Å². The van der Waals surface area contributed by atoms with Gasteiger partial charge < -0.3 is 10.1 Å². The lowest BCUT2D eigenvalue weighted by atomic mass is 10.2. The molecule has 0 aliphatic carbocycles. The molecule has 0 atom stereocenters. The predicted molar refractivity (Wildman–Crippen MR) is 108 cm³/mol. The van der Waals surface area contributed by atoms with Gasteiger partial charge in [-0.15, -0.1) is 0 Å². The fourth-order valence-corrected chi connectivity index (χ4v) is 3.68. The molecule has 29 heavy (non-hydrogen) atoms. The van der Waals surface area contributed by atoms with Crippen molar-refractivity contribution in [2.45, 2.75) is 11.4 Å². The average molecular weight is 414 g/mol. The zero-order valence-corrected chi connectivity index (χ0v) is 16.4. The van der Waals surface area contributed by atoms with Crippen molar-refractivity contribution in [3.05, 3.63) is 89.7 Å². The standard InChI is InChI=1S/C21H19FN2O4S/c1-28-20-5-3-2-4-19(20)24-29(26,27)18-12-8-16(9-13-18)21(25)23-14-15-6-10-17(22)11-7-15/h2-13,24H,14H2,1H3,(H,23,25). The maximum absolute atomic E-state index is 12.9. The lowest BCUT2D eigenvalue weighted by Gasteiger charge is -2.12. The molecule has 0 bridgehead atoms. The second kappa shape index (κ2) is 8.74. The topological polar surface area (TPSA) is 84.5 Å². The monoisotopic (exact) mass is 414 g/mol. The van der Waals surface area contributed by atoms with Crippen LogP contribution in [0.25, 0.3) is 0 Å². The number of halogens is 1. The maximum atomic E-state index is 12.9. The van der Waals surface area contributed by atoms with Crippen LogP contribution < -0.4 is 14.8 Å². The summed E-state index contributed by atoms with van der Waals surface area (Å²) in [5.41, 5.74) is 1.37. The number of methoxy groups -OCH3 is 1. The first-order valence-electron chi connectivity index (χ1n) is 8.67. The van der Waals surface area contributed by atoms with E-state index in [1.165, 1.54) is 43.5 Å². The van der Waals surface area contributed by atoms with Gasteiger partial charge in [-0.2, -0.15) is 0 Å². The Bertz CT molecular complexity index is 1100. The summed E-state index contributed by atoms with van der Waals surface area (Å²) in [4.78, 5) is 12.3. The number of para-hydroxylation sites is 2. The number of rotatable bonds is 7. The summed E-state index contributed by atoms with van der Waals surface area (Å²) in [5, 5.41) is 2.70. The van der Waals surface area contributed by atoms with Gasteiger partial charge in [-0.3, -0.25) is 9.52 Å². The van der Waals surface area contributed by atoms with Crippen LogP contribution in [0.3, 0.4) is 0 Å². The van der Waals surface area contributed by atoms with Gasteiger partial charge in [0.15, 0.2) is 0 Å². The Morgan fingerprint density at radius 3 is 2.28 bits per heavy atom. The van der Waals surface area contributed by atoms with Crippen molar-refractivity contribution in [2.24, 2.45) is 0 Å². The summed E-state index contributed by atoms with van der Waals surface area (Å²) >= 11 is 0. The molecule has 6 nitrogen and oxygen atoms in total. The van der Waals surface area contributed by atoms with Gasteiger partial charge in [0.1, 0.15) is 11.6 Å². The minimum atomic E-state index is -3.84. The van der Waals surface area contributed by atoms with Crippen LogP contribution in [0.1, 0.15) is 15.9 Å². The summed E-state index contributed by atoms with van der Waals surface area (Å²) in [6.45, 7) is 0.231. The zero-order valence-electron chi connectivity index (χ0n) is 15.6. The molecule has 3 aromatic rings. The molecule has 8 heteroatoms. The van der Waals surface area contributed by atoms with Crippen LogP contribution >= 0.6 is 0 Å². The molecular formula is C21H19FN2O4S. The van der Waals surface area contributed by atoms with E-state index in [0.717, 1.165) is 5.56 Å². The highest BCUT2D eigenvalue weighted by Gasteiger charge is 2.17. The highest BCUT2D eigenvalue weighted by Crippen LogP contribution is 2.26. The highest BCUT2D eigenvalue weighted by atomic mass is 32.2. The predicted octanol–water partition coefficient (Wildman–Crippen LogP) is 3.57. The van der Waals surface area contributed by atoms with E-state index in [1.807, 2.05) is 0 Å². The second-order valence-electron chi connectivity index (χ2n) is 6.14. The molecule has 0 saturated carbocycles. The van der Waals surface area contributed by atoms with Crippen LogP contribution in [0.4, 0.5) is 10.1 Å². The summed E-state index contributed by atoms with van der Waals surface area (Å²) in [7, 11) is -2.39. The Labute approximate surface area is 168 Å². The number of sulfonamides is 1. The molecule has 0 aliphatic heterocycles. The van der Waals surface area contributed by atoms with E-state index in [9.17, 15) is 17.6 Å². The number of hydrogen-bond donors (Lipinski definition) is 2. The van der Waals surface area contributed by atoms with E-state index < -0.39 is 10.0 Å². The molecule has 0 unspecified atom stereocenters. The fraction of sp³-hybridized carbons (Fsp3) is 0.0952. The van der Waals surface area contributed by atoms with Gasteiger partial charge in [-0.1, -0.05) is 24.3 Å². The van der Waals surface area contributed by atoms with Gasteiger partial charge in [-0.05, 0) is 54.1 Å². The number of nitrogens with one attached hydrogen (secondary N) is 2. The van der Waals surface area contributed by atoms with Crippen molar-refractivity contribution in [2.75, 3.05) is 11.8 Å². The average Bonchev–Trinajstić information content (AvgIpc) is 2.73. The van der Waals surface area contributed by atoms with Crippen LogP contribution in [-0.4, -0.2) is 21.4 Å². The lowest BCUT2D eigenvalue weighted by molar-refractivity contribution is 0.0951. The van der Waals surface area contributed by atoms with Gasteiger partial charge in [0.2, 0.25) is 0 Å². The Kier molecular flexibility index (Phi) is 6.13. The number of carbonyl (C=O) groups is 1. The SMILES string of the molecule is COc1ccccc1NS(=O)(=O)c1ccc(C(=O)NCc2ccc(F)cc2)cc1. The molecule has 0 aromatic heterocycles. The maximum Gasteiger partial charge on any atom is 0.262 e. The van der Waals surface area contributed by atoms with Gasteiger partial charge in [0.25, 0.3) is 15.9 Å². The zero-order chi connectivity index (χ0) is 20.9. The van der Waals surface area contributed by atoms with Crippen molar-refractivity contribution in [3.63, 3.8) is 0 Å². The van der Waals surface area contributed by atoms with E-state index in [2.05, 4.69) is 10.0 Å². The van der Waals surface area contributed by atoms with Crippen LogP contribution in [0.2, 0.25) is 0 Å². The molecule has 150 valence electrons. The van der Waals surface area contributed by atoms with Crippen molar-refractivity contribution in [3.8, 4) is 5.75 Å². The van der Waals surface area contributed by atoms with Crippen LogP contribution in [0, 0.1) is 5.82 Å². The first-order chi connectivity index (χ1) is 13.9. The molecule has 0 aliphatic rings. The Morgan fingerprint density at radius 2 is 1.62 bits per heavy atom. The number of hydrogen-bond acceptors (Lipinski definition) is 4. The first kappa shape index (κ1) is 20.3. The smallest absolute Gasteiger partial charge is 0.262 e. The van der Waals surface area contributed by atoms with Crippen molar-refractivity contribution >= 4 is 21.6 Å². The van der Waals surface area contributed by atoms with Crippen LogP contribution in [-0.2, 0) is 16.6 Å². The number of ether oxygens (including phenoxy) is 1. The summed E-state index contributed by atoms with van der Waals surface area (Å²) in [5.74, 6) is -0.317. The van der Waals surface area contributed by atoms with Gasteiger partial charge >= 0.3 is 0 Å². The van der Waals surface area contributed by atoms with E-state index >= 15 is 0 Å². The number of benzene rings is 3. The molecular weight excluding hydrogens is 395 g/mol. The lowest BCUT2D eigenvalue weighted by Crippen LogP contribution is -2.23. The van der Waals surface area contributed by atoms with Crippen molar-refractivity contribution < 1.29 is 22.3 Å². The highest BCUT2D eigenvalue weighted by molar-refractivity contribution is 7.92. The summed E-state index contributed by atoms with van der Waals surface area (Å²) in [6, 6.07) is 18.0. The van der Waals surface area contributed by atoms with E-state index in [4.69, 9.17) is 4.74 Å². The molecule has 1 amide bonds. The van der Waals surface area contributed by atoms with Gasteiger partial charge in [0.05, 0.1) is 17.7 Å². The molecule has 0 fully saturated rings.